The SMILES string of the molecule is c1coc(COCCCNC2CCCCCCC2)c1. The van der Waals surface area contributed by atoms with Crippen molar-refractivity contribution < 1.29 is 9.15 Å². The summed E-state index contributed by atoms with van der Waals surface area (Å²) in [7, 11) is 0. The lowest BCUT2D eigenvalue weighted by Gasteiger charge is -2.21. The van der Waals surface area contributed by atoms with E-state index in [1.54, 1.807) is 6.26 Å². The summed E-state index contributed by atoms with van der Waals surface area (Å²) in [4.78, 5) is 0. The lowest BCUT2D eigenvalue weighted by Crippen LogP contribution is -2.31. The fourth-order valence-electron chi connectivity index (χ4n) is 2.71. The summed E-state index contributed by atoms with van der Waals surface area (Å²) in [6, 6.07) is 4.59. The van der Waals surface area contributed by atoms with E-state index < -0.39 is 0 Å². The van der Waals surface area contributed by atoms with Gasteiger partial charge >= 0.3 is 0 Å². The molecular weight excluding hydrogens is 238 g/mol. The molecule has 0 aliphatic heterocycles. The molecule has 0 atom stereocenters. The van der Waals surface area contributed by atoms with E-state index in [9.17, 15) is 0 Å². The van der Waals surface area contributed by atoms with Crippen molar-refractivity contribution in [3.8, 4) is 0 Å². The Morgan fingerprint density at radius 3 is 2.68 bits per heavy atom. The van der Waals surface area contributed by atoms with Gasteiger partial charge in [-0.2, -0.15) is 0 Å². The number of nitrogens with one attached hydrogen (secondary N) is 1. The zero-order chi connectivity index (χ0) is 13.2. The highest BCUT2D eigenvalue weighted by Crippen LogP contribution is 2.16. The smallest absolute Gasteiger partial charge is 0.129 e. The molecule has 3 heteroatoms. The van der Waals surface area contributed by atoms with Crippen LogP contribution < -0.4 is 5.32 Å². The molecule has 19 heavy (non-hydrogen) atoms. The summed E-state index contributed by atoms with van der Waals surface area (Å²) < 4.78 is 10.8. The van der Waals surface area contributed by atoms with Gasteiger partial charge in [0.05, 0.1) is 6.26 Å². The fraction of sp³-hybridized carbons (Fsp3) is 0.750. The normalized spacial score (nSPS) is 18.1. The van der Waals surface area contributed by atoms with E-state index in [4.69, 9.17) is 9.15 Å². The summed E-state index contributed by atoms with van der Waals surface area (Å²) in [5, 5.41) is 3.68. The van der Waals surface area contributed by atoms with Gasteiger partial charge in [-0.3, -0.25) is 0 Å². The largest absolute Gasteiger partial charge is 0.467 e. The Bertz CT molecular complexity index is 303. The van der Waals surface area contributed by atoms with E-state index in [1.807, 2.05) is 12.1 Å². The predicted octanol–water partition coefficient (Wildman–Crippen LogP) is 3.89. The standard InChI is InChI=1S/C16H27NO2/c1-2-4-8-15(9-5-3-1)17-11-7-12-18-14-16-10-6-13-19-16/h6,10,13,15,17H,1-5,7-9,11-12,14H2. The van der Waals surface area contributed by atoms with E-state index in [0.717, 1.165) is 31.4 Å². The van der Waals surface area contributed by atoms with E-state index in [2.05, 4.69) is 5.32 Å². The first-order chi connectivity index (χ1) is 9.45. The maximum atomic E-state index is 5.58. The van der Waals surface area contributed by atoms with Crippen molar-refractivity contribution >= 4 is 0 Å². The molecule has 1 heterocycles. The zero-order valence-electron chi connectivity index (χ0n) is 11.9. The molecule has 1 aromatic rings. The molecule has 2 rings (SSSR count). The molecule has 0 aromatic carbocycles. The van der Waals surface area contributed by atoms with Crippen LogP contribution in [0.4, 0.5) is 0 Å². The number of rotatable bonds is 7. The minimum atomic E-state index is 0.594. The highest BCUT2D eigenvalue weighted by atomic mass is 16.5. The Hall–Kier alpha value is -0.800. The number of hydrogen-bond donors (Lipinski definition) is 1. The van der Waals surface area contributed by atoms with Crippen LogP contribution in [0.25, 0.3) is 0 Å². The Morgan fingerprint density at radius 2 is 1.95 bits per heavy atom. The average Bonchev–Trinajstić information content (AvgIpc) is 2.88. The number of hydrogen-bond acceptors (Lipinski definition) is 3. The third kappa shape index (κ3) is 6.26. The molecule has 1 aliphatic carbocycles. The van der Waals surface area contributed by atoms with Gasteiger partial charge in [-0.15, -0.1) is 0 Å². The summed E-state index contributed by atoms with van der Waals surface area (Å²) in [5.41, 5.74) is 0. The minimum Gasteiger partial charge on any atom is -0.467 e. The van der Waals surface area contributed by atoms with Crippen LogP contribution in [0.3, 0.4) is 0 Å². The van der Waals surface area contributed by atoms with Gasteiger partial charge < -0.3 is 14.5 Å². The van der Waals surface area contributed by atoms with Gasteiger partial charge in [0.15, 0.2) is 0 Å². The molecule has 0 radical (unpaired) electrons. The van der Waals surface area contributed by atoms with E-state index in [0.29, 0.717) is 6.61 Å². The van der Waals surface area contributed by atoms with Crippen LogP contribution in [0.15, 0.2) is 22.8 Å². The molecule has 0 bridgehead atoms. The second-order valence-corrected chi connectivity index (χ2v) is 5.48. The third-order valence-electron chi connectivity index (χ3n) is 3.83. The van der Waals surface area contributed by atoms with Crippen LogP contribution >= 0.6 is 0 Å². The molecule has 0 amide bonds. The molecular formula is C16H27NO2. The van der Waals surface area contributed by atoms with Gasteiger partial charge in [-0.1, -0.05) is 32.1 Å². The van der Waals surface area contributed by atoms with Crippen LogP contribution in [0.5, 0.6) is 0 Å². The first-order valence-corrected chi connectivity index (χ1v) is 7.78. The zero-order valence-corrected chi connectivity index (χ0v) is 11.9. The first-order valence-electron chi connectivity index (χ1n) is 7.78. The lowest BCUT2D eigenvalue weighted by atomic mass is 9.97. The van der Waals surface area contributed by atoms with Crippen LogP contribution in [0.1, 0.15) is 57.1 Å². The van der Waals surface area contributed by atoms with Crippen molar-refractivity contribution in [3.63, 3.8) is 0 Å². The van der Waals surface area contributed by atoms with Gasteiger partial charge in [0.25, 0.3) is 0 Å². The highest BCUT2D eigenvalue weighted by Gasteiger charge is 2.09. The van der Waals surface area contributed by atoms with Gasteiger partial charge in [0, 0.05) is 12.6 Å². The monoisotopic (exact) mass is 265 g/mol. The second kappa shape index (κ2) is 9.16. The summed E-state index contributed by atoms with van der Waals surface area (Å²) >= 11 is 0. The van der Waals surface area contributed by atoms with Crippen molar-refractivity contribution in [1.82, 2.24) is 5.32 Å². The molecule has 0 unspecified atom stereocenters. The van der Waals surface area contributed by atoms with Crippen LogP contribution in [-0.2, 0) is 11.3 Å². The first kappa shape index (κ1) is 14.6. The number of ether oxygens (including phenoxy) is 1. The summed E-state index contributed by atoms with van der Waals surface area (Å²) in [5.74, 6) is 0.910. The van der Waals surface area contributed by atoms with Gasteiger partial charge in [-0.25, -0.2) is 0 Å². The van der Waals surface area contributed by atoms with Crippen molar-refractivity contribution in [3.05, 3.63) is 24.2 Å². The van der Waals surface area contributed by atoms with Crippen LogP contribution in [0.2, 0.25) is 0 Å². The molecule has 1 fully saturated rings. The molecule has 1 N–H and O–H groups in total. The maximum absolute atomic E-state index is 5.58. The minimum absolute atomic E-state index is 0.594. The fourth-order valence-corrected chi connectivity index (χ4v) is 2.71. The van der Waals surface area contributed by atoms with Crippen molar-refractivity contribution in [2.75, 3.05) is 13.2 Å². The highest BCUT2D eigenvalue weighted by molar-refractivity contribution is 4.95. The van der Waals surface area contributed by atoms with Crippen LogP contribution in [0, 0.1) is 0 Å². The van der Waals surface area contributed by atoms with Crippen LogP contribution in [-0.4, -0.2) is 19.2 Å². The van der Waals surface area contributed by atoms with Crippen molar-refractivity contribution in [2.45, 2.75) is 64.0 Å². The third-order valence-corrected chi connectivity index (χ3v) is 3.83. The Kier molecular flexibility index (Phi) is 7.04. The molecule has 1 saturated carbocycles. The molecule has 0 saturated heterocycles. The average molecular weight is 265 g/mol. The van der Waals surface area contributed by atoms with E-state index in [1.165, 1.54) is 44.9 Å². The Morgan fingerprint density at radius 1 is 1.16 bits per heavy atom. The molecule has 3 nitrogen and oxygen atoms in total. The van der Waals surface area contributed by atoms with Gasteiger partial charge in [0.1, 0.15) is 12.4 Å². The number of furan rings is 1. The topological polar surface area (TPSA) is 34.4 Å². The van der Waals surface area contributed by atoms with E-state index >= 15 is 0 Å². The molecule has 1 aromatic heterocycles. The molecule has 1 aliphatic rings. The Balaban J connectivity index is 1.46. The predicted molar refractivity (Wildman–Crippen MR) is 77.1 cm³/mol. The summed E-state index contributed by atoms with van der Waals surface area (Å²) in [6.07, 6.45) is 12.5. The van der Waals surface area contributed by atoms with E-state index in [-0.39, 0.29) is 0 Å². The molecule has 0 spiro atoms. The lowest BCUT2D eigenvalue weighted by molar-refractivity contribution is 0.103. The van der Waals surface area contributed by atoms with Gasteiger partial charge in [-0.05, 0) is 37.9 Å². The maximum Gasteiger partial charge on any atom is 0.129 e. The van der Waals surface area contributed by atoms with Gasteiger partial charge in [0.2, 0.25) is 0 Å². The van der Waals surface area contributed by atoms with Crippen molar-refractivity contribution in [1.29, 1.82) is 0 Å². The second-order valence-electron chi connectivity index (χ2n) is 5.48. The quantitative estimate of drug-likeness (QED) is 0.760. The molecule has 108 valence electrons. The summed E-state index contributed by atoms with van der Waals surface area (Å²) in [6.45, 7) is 2.47. The Labute approximate surface area is 116 Å². The van der Waals surface area contributed by atoms with Crippen molar-refractivity contribution in [2.24, 2.45) is 0 Å².